The SMILES string of the molecule is Cl.Clc1ccccc1C=Cc1nn2c(-c3ccncc3)nnc2s1. The lowest BCUT2D eigenvalue weighted by molar-refractivity contribution is 0.959. The van der Waals surface area contributed by atoms with Crippen molar-refractivity contribution >= 4 is 52.5 Å². The summed E-state index contributed by atoms with van der Waals surface area (Å²) in [7, 11) is 0. The number of aromatic nitrogens is 5. The van der Waals surface area contributed by atoms with Gasteiger partial charge < -0.3 is 0 Å². The maximum Gasteiger partial charge on any atom is 0.235 e. The highest BCUT2D eigenvalue weighted by molar-refractivity contribution is 7.17. The van der Waals surface area contributed by atoms with Gasteiger partial charge in [-0.25, -0.2) is 0 Å². The molecule has 0 amide bonds. The first-order chi connectivity index (χ1) is 11.3. The van der Waals surface area contributed by atoms with Crippen LogP contribution in [0.25, 0.3) is 28.5 Å². The average Bonchev–Trinajstić information content (AvgIpc) is 3.15. The quantitative estimate of drug-likeness (QED) is 0.529. The van der Waals surface area contributed by atoms with Crippen LogP contribution in [0.2, 0.25) is 5.02 Å². The zero-order valence-electron chi connectivity index (χ0n) is 12.2. The van der Waals surface area contributed by atoms with Gasteiger partial charge in [0.05, 0.1) is 0 Å². The lowest BCUT2D eigenvalue weighted by Gasteiger charge is -1.95. The van der Waals surface area contributed by atoms with Gasteiger partial charge in [-0.05, 0) is 29.8 Å². The molecule has 5 nitrogen and oxygen atoms in total. The first-order valence-electron chi connectivity index (χ1n) is 6.86. The van der Waals surface area contributed by atoms with Crippen LogP contribution in [0.15, 0.2) is 48.8 Å². The van der Waals surface area contributed by atoms with Gasteiger partial charge in [0.25, 0.3) is 0 Å². The second kappa shape index (κ2) is 7.09. The number of hydrogen-bond donors (Lipinski definition) is 0. The summed E-state index contributed by atoms with van der Waals surface area (Å²) in [6.07, 6.45) is 7.32. The summed E-state index contributed by atoms with van der Waals surface area (Å²) in [6.45, 7) is 0. The first kappa shape index (κ1) is 16.6. The molecule has 0 unspecified atom stereocenters. The van der Waals surface area contributed by atoms with Crippen molar-refractivity contribution in [3.63, 3.8) is 0 Å². The van der Waals surface area contributed by atoms with E-state index in [9.17, 15) is 0 Å². The van der Waals surface area contributed by atoms with Gasteiger partial charge in [0.2, 0.25) is 4.96 Å². The molecule has 4 aromatic rings. The molecule has 0 aliphatic carbocycles. The molecule has 0 fully saturated rings. The molecule has 0 bridgehead atoms. The van der Waals surface area contributed by atoms with Crippen molar-refractivity contribution < 1.29 is 0 Å². The minimum atomic E-state index is 0. The average molecular weight is 376 g/mol. The summed E-state index contributed by atoms with van der Waals surface area (Å²) >= 11 is 7.62. The second-order valence-corrected chi connectivity index (χ2v) is 6.14. The van der Waals surface area contributed by atoms with E-state index in [-0.39, 0.29) is 12.4 Å². The van der Waals surface area contributed by atoms with E-state index in [1.807, 2.05) is 48.6 Å². The van der Waals surface area contributed by atoms with Gasteiger partial charge in [-0.15, -0.1) is 22.6 Å². The van der Waals surface area contributed by atoms with Crippen LogP contribution in [0.5, 0.6) is 0 Å². The van der Waals surface area contributed by atoms with Crippen LogP contribution in [0.1, 0.15) is 10.6 Å². The predicted octanol–water partition coefficient (Wildman–Crippen LogP) is 4.49. The van der Waals surface area contributed by atoms with Crippen molar-refractivity contribution in [2.24, 2.45) is 0 Å². The van der Waals surface area contributed by atoms with E-state index in [4.69, 9.17) is 11.6 Å². The van der Waals surface area contributed by atoms with Crippen LogP contribution in [0.4, 0.5) is 0 Å². The summed E-state index contributed by atoms with van der Waals surface area (Å²) in [4.78, 5) is 4.76. The highest BCUT2D eigenvalue weighted by Crippen LogP contribution is 2.23. The van der Waals surface area contributed by atoms with E-state index < -0.39 is 0 Å². The molecule has 0 spiro atoms. The zero-order chi connectivity index (χ0) is 15.6. The number of pyridine rings is 1. The molecule has 0 atom stereocenters. The van der Waals surface area contributed by atoms with E-state index in [1.54, 1.807) is 16.9 Å². The number of halogens is 2. The minimum Gasteiger partial charge on any atom is -0.265 e. The third-order valence-corrected chi connectivity index (χ3v) is 4.46. The molecule has 4 rings (SSSR count). The Hall–Kier alpha value is -2.28. The molecule has 0 N–H and O–H groups in total. The predicted molar refractivity (Wildman–Crippen MR) is 99.5 cm³/mol. The van der Waals surface area contributed by atoms with E-state index in [0.29, 0.717) is 10.8 Å². The van der Waals surface area contributed by atoms with Crippen LogP contribution in [0, 0.1) is 0 Å². The Balaban J connectivity index is 0.00000169. The van der Waals surface area contributed by atoms with Gasteiger partial charge in [0, 0.05) is 23.0 Å². The lowest BCUT2D eigenvalue weighted by Crippen LogP contribution is -1.90. The van der Waals surface area contributed by atoms with E-state index in [1.165, 1.54) is 11.3 Å². The van der Waals surface area contributed by atoms with Crippen LogP contribution >= 0.6 is 35.3 Å². The molecule has 8 heteroatoms. The molecule has 0 aliphatic rings. The summed E-state index contributed by atoms with van der Waals surface area (Å²) in [5.41, 5.74) is 1.88. The third kappa shape index (κ3) is 3.17. The first-order valence-corrected chi connectivity index (χ1v) is 8.06. The standard InChI is InChI=1S/C16H10ClN5S.ClH/c17-13-4-2-1-3-11(13)5-6-14-21-22-15(19-20-16(22)23-14)12-7-9-18-10-8-12;/h1-10H;1H. The van der Waals surface area contributed by atoms with Crippen molar-refractivity contribution in [3.05, 3.63) is 64.4 Å². The van der Waals surface area contributed by atoms with Crippen LogP contribution < -0.4 is 0 Å². The van der Waals surface area contributed by atoms with Crippen molar-refractivity contribution in [3.8, 4) is 11.4 Å². The van der Waals surface area contributed by atoms with Crippen molar-refractivity contribution in [1.82, 2.24) is 24.8 Å². The fraction of sp³-hybridized carbons (Fsp3) is 0. The molecule has 0 aliphatic heterocycles. The Bertz CT molecular complexity index is 994. The second-order valence-electron chi connectivity index (χ2n) is 4.75. The molecule has 0 saturated carbocycles. The molecule has 120 valence electrons. The largest absolute Gasteiger partial charge is 0.265 e. The van der Waals surface area contributed by atoms with E-state index >= 15 is 0 Å². The fourth-order valence-electron chi connectivity index (χ4n) is 2.15. The van der Waals surface area contributed by atoms with Crippen LogP contribution in [-0.4, -0.2) is 24.8 Å². The molecule has 0 saturated heterocycles. The molecular formula is C16H11Cl2N5S. The molecule has 3 aromatic heterocycles. The smallest absolute Gasteiger partial charge is 0.235 e. The van der Waals surface area contributed by atoms with E-state index in [2.05, 4.69) is 20.3 Å². The van der Waals surface area contributed by atoms with Crippen LogP contribution in [0.3, 0.4) is 0 Å². The highest BCUT2D eigenvalue weighted by atomic mass is 35.5. The highest BCUT2D eigenvalue weighted by Gasteiger charge is 2.12. The summed E-state index contributed by atoms with van der Waals surface area (Å²) in [5, 5.41) is 14.5. The number of benzene rings is 1. The number of nitrogens with zero attached hydrogens (tertiary/aromatic N) is 5. The minimum absolute atomic E-state index is 0. The molecule has 3 heterocycles. The van der Waals surface area contributed by atoms with Gasteiger partial charge in [0.1, 0.15) is 5.01 Å². The van der Waals surface area contributed by atoms with Crippen LogP contribution in [-0.2, 0) is 0 Å². The summed E-state index contributed by atoms with van der Waals surface area (Å²) in [6, 6.07) is 11.4. The molecular weight excluding hydrogens is 365 g/mol. The van der Waals surface area contributed by atoms with Crippen molar-refractivity contribution in [2.75, 3.05) is 0 Å². The maximum atomic E-state index is 6.15. The van der Waals surface area contributed by atoms with E-state index in [0.717, 1.165) is 21.1 Å². The normalized spacial score (nSPS) is 11.0. The lowest BCUT2D eigenvalue weighted by atomic mass is 10.2. The number of hydrogen-bond acceptors (Lipinski definition) is 5. The Morgan fingerprint density at radius 1 is 1.00 bits per heavy atom. The number of fused-ring (bicyclic) bond motifs is 1. The summed E-state index contributed by atoms with van der Waals surface area (Å²) < 4.78 is 1.74. The Morgan fingerprint density at radius 3 is 2.58 bits per heavy atom. The van der Waals surface area contributed by atoms with Crippen molar-refractivity contribution in [1.29, 1.82) is 0 Å². The number of rotatable bonds is 3. The Kier molecular flexibility index (Phi) is 4.89. The maximum absolute atomic E-state index is 6.15. The zero-order valence-corrected chi connectivity index (χ0v) is 14.6. The Labute approximate surface area is 153 Å². The fourth-order valence-corrected chi connectivity index (χ4v) is 3.09. The molecule has 1 aromatic carbocycles. The van der Waals surface area contributed by atoms with Gasteiger partial charge in [0.15, 0.2) is 5.82 Å². The Morgan fingerprint density at radius 2 is 1.79 bits per heavy atom. The summed E-state index contributed by atoms with van der Waals surface area (Å²) in [5.74, 6) is 0.705. The van der Waals surface area contributed by atoms with Gasteiger partial charge in [-0.2, -0.15) is 9.61 Å². The van der Waals surface area contributed by atoms with Crippen molar-refractivity contribution in [2.45, 2.75) is 0 Å². The van der Waals surface area contributed by atoms with Gasteiger partial charge >= 0.3 is 0 Å². The topological polar surface area (TPSA) is 56.0 Å². The van der Waals surface area contributed by atoms with Gasteiger partial charge in [-0.3, -0.25) is 4.98 Å². The third-order valence-electron chi connectivity index (χ3n) is 3.26. The monoisotopic (exact) mass is 375 g/mol. The molecule has 24 heavy (non-hydrogen) atoms. The van der Waals surface area contributed by atoms with Gasteiger partial charge in [-0.1, -0.05) is 47.2 Å². The molecule has 0 radical (unpaired) electrons.